The van der Waals surface area contributed by atoms with E-state index < -0.39 is 0 Å². The molecule has 78 valence electrons. The molecule has 2 nitrogen and oxygen atoms in total. The molecule has 0 saturated carbocycles. The molecule has 0 bridgehead atoms. The van der Waals surface area contributed by atoms with E-state index in [1.165, 1.54) is 0 Å². The molecule has 0 rings (SSSR count). The van der Waals surface area contributed by atoms with Crippen LogP contribution in [0.4, 0.5) is 0 Å². The summed E-state index contributed by atoms with van der Waals surface area (Å²) < 4.78 is 0. The molecule has 0 aliphatic carbocycles. The van der Waals surface area contributed by atoms with E-state index in [1.54, 1.807) is 0 Å². The Morgan fingerprint density at radius 2 is 1.46 bits per heavy atom. The molecular weight excluding hydrogens is 162 g/mol. The predicted molar refractivity (Wildman–Crippen MR) is 56.8 cm³/mol. The number of ketones is 1. The molecule has 0 aliphatic rings. The summed E-state index contributed by atoms with van der Waals surface area (Å²) in [7, 11) is 0. The third kappa shape index (κ3) is 5.04. The van der Waals surface area contributed by atoms with Crippen LogP contribution in [0, 0.1) is 5.41 Å². The lowest BCUT2D eigenvalue weighted by molar-refractivity contribution is -0.128. The van der Waals surface area contributed by atoms with E-state index in [0.29, 0.717) is 0 Å². The van der Waals surface area contributed by atoms with E-state index in [-0.39, 0.29) is 22.8 Å². The van der Waals surface area contributed by atoms with Crippen molar-refractivity contribution in [1.82, 2.24) is 5.32 Å². The van der Waals surface area contributed by atoms with E-state index in [4.69, 9.17) is 0 Å². The highest BCUT2D eigenvalue weighted by Gasteiger charge is 2.28. The first-order valence-corrected chi connectivity index (χ1v) is 4.86. The summed E-state index contributed by atoms with van der Waals surface area (Å²) in [5.41, 5.74) is -0.252. The molecule has 2 heteroatoms. The maximum absolute atomic E-state index is 11.8. The zero-order valence-electron chi connectivity index (χ0n) is 9.99. The average molecular weight is 185 g/mol. The molecule has 0 aromatic carbocycles. The molecule has 0 saturated heterocycles. The first-order valence-electron chi connectivity index (χ1n) is 4.86. The lowest BCUT2D eigenvalue weighted by Gasteiger charge is -2.29. The average Bonchev–Trinajstić information content (AvgIpc) is 1.79. The number of hydrogen-bond donors (Lipinski definition) is 1. The van der Waals surface area contributed by atoms with Crippen LogP contribution in [-0.2, 0) is 4.79 Å². The van der Waals surface area contributed by atoms with Crippen LogP contribution in [0.5, 0.6) is 0 Å². The van der Waals surface area contributed by atoms with Crippen molar-refractivity contribution in [1.29, 1.82) is 0 Å². The largest absolute Gasteiger partial charge is 0.303 e. The van der Waals surface area contributed by atoms with Gasteiger partial charge in [-0.2, -0.15) is 0 Å². The van der Waals surface area contributed by atoms with Gasteiger partial charge in [0.05, 0.1) is 6.04 Å². The van der Waals surface area contributed by atoms with Gasteiger partial charge < -0.3 is 5.32 Å². The van der Waals surface area contributed by atoms with Gasteiger partial charge >= 0.3 is 0 Å². The lowest BCUT2D eigenvalue weighted by atomic mass is 9.86. The Morgan fingerprint density at radius 1 is 1.08 bits per heavy atom. The van der Waals surface area contributed by atoms with Crippen molar-refractivity contribution in [2.24, 2.45) is 5.41 Å². The van der Waals surface area contributed by atoms with Crippen molar-refractivity contribution in [2.75, 3.05) is 0 Å². The molecule has 1 atom stereocenters. The van der Waals surface area contributed by atoms with Crippen LogP contribution in [0.3, 0.4) is 0 Å². The molecule has 0 radical (unpaired) electrons. The third-order valence-corrected chi connectivity index (χ3v) is 1.78. The molecule has 13 heavy (non-hydrogen) atoms. The maximum atomic E-state index is 11.8. The molecule has 0 aliphatic heterocycles. The smallest absolute Gasteiger partial charge is 0.154 e. The standard InChI is InChI=1S/C11H23NO/c1-8(12-11(5,6)7)9(13)10(2,3)4/h8,12H,1-7H3/t8-/m1/s1. The minimum absolute atomic E-state index is 0.000324. The number of carbonyl (C=O) groups is 1. The minimum atomic E-state index is -0.252. The number of nitrogens with one attached hydrogen (secondary N) is 1. The van der Waals surface area contributed by atoms with Crippen LogP contribution in [0.15, 0.2) is 0 Å². The van der Waals surface area contributed by atoms with Gasteiger partial charge in [0.2, 0.25) is 0 Å². The lowest BCUT2D eigenvalue weighted by Crippen LogP contribution is -2.49. The van der Waals surface area contributed by atoms with E-state index in [0.717, 1.165) is 0 Å². The fourth-order valence-electron chi connectivity index (χ4n) is 1.36. The SMILES string of the molecule is C[C@@H](NC(C)(C)C)C(=O)C(C)(C)C. The number of Topliss-reactive ketones (excluding diaryl/α,β-unsaturated/α-hetero) is 1. The van der Waals surface area contributed by atoms with Crippen molar-refractivity contribution >= 4 is 5.78 Å². The Morgan fingerprint density at radius 3 is 1.69 bits per heavy atom. The van der Waals surface area contributed by atoms with E-state index in [1.807, 2.05) is 27.7 Å². The first-order chi connectivity index (χ1) is 5.54. The van der Waals surface area contributed by atoms with Crippen LogP contribution >= 0.6 is 0 Å². The van der Waals surface area contributed by atoms with Gasteiger partial charge in [-0.25, -0.2) is 0 Å². The monoisotopic (exact) mass is 185 g/mol. The van der Waals surface area contributed by atoms with Gasteiger partial charge in [-0.3, -0.25) is 4.79 Å². The Hall–Kier alpha value is -0.370. The predicted octanol–water partition coefficient (Wildman–Crippen LogP) is 2.38. The summed E-state index contributed by atoms with van der Waals surface area (Å²) in [5.74, 6) is 0.266. The van der Waals surface area contributed by atoms with Crippen molar-refractivity contribution in [3.8, 4) is 0 Å². The number of rotatable bonds is 2. The summed E-state index contributed by atoms with van der Waals surface area (Å²) in [6.07, 6.45) is 0. The van der Waals surface area contributed by atoms with Crippen LogP contribution < -0.4 is 5.32 Å². The van der Waals surface area contributed by atoms with Crippen LogP contribution in [0.1, 0.15) is 48.5 Å². The van der Waals surface area contributed by atoms with Crippen molar-refractivity contribution in [3.63, 3.8) is 0 Å². The number of carbonyl (C=O) groups excluding carboxylic acids is 1. The van der Waals surface area contributed by atoms with Gasteiger partial charge in [-0.15, -0.1) is 0 Å². The fraction of sp³-hybridized carbons (Fsp3) is 0.909. The Kier molecular flexibility index (Phi) is 3.68. The molecule has 0 aromatic rings. The van der Waals surface area contributed by atoms with E-state index >= 15 is 0 Å². The molecule has 0 heterocycles. The second-order valence-corrected chi connectivity index (χ2v) is 5.73. The maximum Gasteiger partial charge on any atom is 0.154 e. The molecule has 1 N–H and O–H groups in total. The highest BCUT2D eigenvalue weighted by Crippen LogP contribution is 2.17. The zero-order valence-corrected chi connectivity index (χ0v) is 9.99. The van der Waals surface area contributed by atoms with Gasteiger partial charge in [0.1, 0.15) is 0 Å². The quantitative estimate of drug-likeness (QED) is 0.715. The minimum Gasteiger partial charge on any atom is -0.303 e. The fourth-order valence-corrected chi connectivity index (χ4v) is 1.36. The molecule has 0 aromatic heterocycles. The molecule has 0 fully saturated rings. The highest BCUT2D eigenvalue weighted by molar-refractivity contribution is 5.88. The molecule has 0 unspecified atom stereocenters. The Bertz CT molecular complexity index is 183. The normalized spacial score (nSPS) is 15.6. The molecule has 0 amide bonds. The summed E-state index contributed by atoms with van der Waals surface area (Å²) in [5, 5.41) is 3.28. The topological polar surface area (TPSA) is 29.1 Å². The second-order valence-electron chi connectivity index (χ2n) is 5.73. The summed E-state index contributed by atoms with van der Waals surface area (Å²) >= 11 is 0. The zero-order chi connectivity index (χ0) is 10.9. The van der Waals surface area contributed by atoms with E-state index in [9.17, 15) is 4.79 Å². The van der Waals surface area contributed by atoms with Crippen LogP contribution in [-0.4, -0.2) is 17.4 Å². The molecule has 0 spiro atoms. The van der Waals surface area contributed by atoms with Gasteiger partial charge in [-0.1, -0.05) is 20.8 Å². The van der Waals surface area contributed by atoms with Gasteiger partial charge in [0, 0.05) is 11.0 Å². The highest BCUT2D eigenvalue weighted by atomic mass is 16.1. The van der Waals surface area contributed by atoms with Crippen molar-refractivity contribution in [3.05, 3.63) is 0 Å². The van der Waals surface area contributed by atoms with Crippen LogP contribution in [0.2, 0.25) is 0 Å². The second kappa shape index (κ2) is 3.79. The third-order valence-electron chi connectivity index (χ3n) is 1.78. The van der Waals surface area contributed by atoms with Gasteiger partial charge in [0.15, 0.2) is 5.78 Å². The Balaban J connectivity index is 4.30. The van der Waals surface area contributed by atoms with Crippen molar-refractivity contribution < 1.29 is 4.79 Å². The summed E-state index contributed by atoms with van der Waals surface area (Å²) in [4.78, 5) is 11.8. The number of hydrogen-bond acceptors (Lipinski definition) is 2. The molecular formula is C11H23NO. The van der Waals surface area contributed by atoms with E-state index in [2.05, 4.69) is 26.1 Å². The summed E-state index contributed by atoms with van der Waals surface area (Å²) in [6.45, 7) is 14.0. The Labute approximate surface area is 82.1 Å². The van der Waals surface area contributed by atoms with Gasteiger partial charge in [0.25, 0.3) is 0 Å². The summed E-state index contributed by atoms with van der Waals surface area (Å²) in [6, 6.07) is -0.0694. The first kappa shape index (κ1) is 12.6. The van der Waals surface area contributed by atoms with Crippen LogP contribution in [0.25, 0.3) is 0 Å². The van der Waals surface area contributed by atoms with Crippen molar-refractivity contribution in [2.45, 2.75) is 60.0 Å². The van der Waals surface area contributed by atoms with Gasteiger partial charge in [-0.05, 0) is 27.7 Å².